The second-order valence-electron chi connectivity index (χ2n) is 5.37. The maximum absolute atomic E-state index is 11.7. The van der Waals surface area contributed by atoms with Crippen molar-refractivity contribution in [3.05, 3.63) is 58.7 Å². The van der Waals surface area contributed by atoms with Crippen LogP contribution in [0, 0.1) is 6.92 Å². The highest BCUT2D eigenvalue weighted by Gasteiger charge is 2.18. The van der Waals surface area contributed by atoms with Gasteiger partial charge in [-0.2, -0.15) is 0 Å². The Balaban J connectivity index is 2.09. The Morgan fingerprint density at radius 2 is 1.86 bits per heavy atom. The van der Waals surface area contributed by atoms with E-state index in [1.54, 1.807) is 0 Å². The molecular weight excluding hydrogens is 276 g/mol. The number of hydrogen-bond donors (Lipinski definition) is 2. The molecule has 5 heteroatoms. The van der Waals surface area contributed by atoms with Gasteiger partial charge in [-0.05, 0) is 24.5 Å². The molecule has 0 spiro atoms. The van der Waals surface area contributed by atoms with Crippen LogP contribution in [0.25, 0.3) is 11.0 Å². The van der Waals surface area contributed by atoms with Crippen molar-refractivity contribution in [3.63, 3.8) is 0 Å². The average Bonchev–Trinajstić information content (AvgIpc) is 2.89. The van der Waals surface area contributed by atoms with Gasteiger partial charge in [0.1, 0.15) is 12.0 Å². The molecule has 0 aliphatic rings. The number of fused-ring (bicyclic) bond motifs is 1. The van der Waals surface area contributed by atoms with Crippen LogP contribution in [-0.4, -0.2) is 20.9 Å². The molecule has 22 heavy (non-hydrogen) atoms. The van der Waals surface area contributed by atoms with Gasteiger partial charge in [-0.15, -0.1) is 0 Å². The molecule has 2 heterocycles. The molecule has 1 aromatic carbocycles. The summed E-state index contributed by atoms with van der Waals surface area (Å²) >= 11 is 0. The topological polar surface area (TPSA) is 84.7 Å². The number of nitrogens with one attached hydrogen (secondary N) is 1. The van der Waals surface area contributed by atoms with Gasteiger partial charge >= 0.3 is 0 Å². The summed E-state index contributed by atoms with van der Waals surface area (Å²) in [4.78, 5) is 23.3. The molecular formula is C17H18N4O. The minimum Gasteiger partial charge on any atom is -0.364 e. The molecule has 112 valence electrons. The van der Waals surface area contributed by atoms with Crippen LogP contribution in [0.4, 0.5) is 0 Å². The lowest BCUT2D eigenvalue weighted by Gasteiger charge is -2.04. The van der Waals surface area contributed by atoms with E-state index in [0.717, 1.165) is 34.3 Å². The molecule has 0 saturated heterocycles. The van der Waals surface area contributed by atoms with Crippen LogP contribution in [0.3, 0.4) is 0 Å². The van der Waals surface area contributed by atoms with Gasteiger partial charge in [0.05, 0.1) is 16.7 Å². The highest BCUT2D eigenvalue weighted by atomic mass is 16.1. The highest BCUT2D eigenvalue weighted by molar-refractivity contribution is 5.99. The van der Waals surface area contributed by atoms with E-state index in [4.69, 9.17) is 5.73 Å². The van der Waals surface area contributed by atoms with Crippen molar-refractivity contribution < 1.29 is 4.79 Å². The number of hydrogen-bond acceptors (Lipinski definition) is 3. The molecule has 1 amide bonds. The van der Waals surface area contributed by atoms with Crippen molar-refractivity contribution in [2.24, 2.45) is 5.73 Å². The fourth-order valence-electron chi connectivity index (χ4n) is 2.65. The number of aryl methyl sites for hydroxylation is 2. The van der Waals surface area contributed by atoms with E-state index >= 15 is 0 Å². The third-order valence-corrected chi connectivity index (χ3v) is 3.93. The van der Waals surface area contributed by atoms with Gasteiger partial charge in [0.15, 0.2) is 0 Å². The SMILES string of the molecule is CCc1ccc(Cc2c(C(N)=O)[nH]c3c(C)ncnc23)cc1. The standard InChI is InChI=1S/C17H18N4O/c1-3-11-4-6-12(7-5-11)8-13-15-14(10(2)19-9-20-15)21-16(13)17(18)22/h4-7,9,21H,3,8H2,1-2H3,(H2,18,22). The van der Waals surface area contributed by atoms with E-state index in [1.807, 2.05) is 6.92 Å². The Hall–Kier alpha value is -2.69. The number of primary amides is 1. The summed E-state index contributed by atoms with van der Waals surface area (Å²) in [6.07, 6.45) is 3.13. The molecule has 2 aromatic heterocycles. The smallest absolute Gasteiger partial charge is 0.265 e. The van der Waals surface area contributed by atoms with Crippen molar-refractivity contribution in [2.75, 3.05) is 0 Å². The van der Waals surface area contributed by atoms with Crippen molar-refractivity contribution in [3.8, 4) is 0 Å². The fourth-order valence-corrected chi connectivity index (χ4v) is 2.65. The average molecular weight is 294 g/mol. The number of nitrogens with zero attached hydrogens (tertiary/aromatic N) is 2. The molecule has 0 unspecified atom stereocenters. The lowest BCUT2D eigenvalue weighted by Crippen LogP contribution is -2.14. The van der Waals surface area contributed by atoms with E-state index in [1.165, 1.54) is 11.9 Å². The normalized spacial score (nSPS) is 11.0. The first-order valence-electron chi connectivity index (χ1n) is 7.30. The molecule has 0 bridgehead atoms. The fraction of sp³-hybridized carbons (Fsp3) is 0.235. The van der Waals surface area contributed by atoms with Gasteiger partial charge in [0.2, 0.25) is 0 Å². The van der Waals surface area contributed by atoms with Crippen molar-refractivity contribution >= 4 is 16.9 Å². The number of carbonyl (C=O) groups excluding carboxylic acids is 1. The predicted octanol–water partition coefficient (Wildman–Crippen LogP) is 2.52. The van der Waals surface area contributed by atoms with Crippen LogP contribution in [0.1, 0.15) is 39.8 Å². The first-order valence-corrected chi connectivity index (χ1v) is 7.30. The zero-order valence-electron chi connectivity index (χ0n) is 12.7. The van der Waals surface area contributed by atoms with Crippen LogP contribution in [0.15, 0.2) is 30.6 Å². The summed E-state index contributed by atoms with van der Waals surface area (Å²) < 4.78 is 0. The number of benzene rings is 1. The lowest BCUT2D eigenvalue weighted by atomic mass is 10.0. The number of nitrogens with two attached hydrogens (primary N) is 1. The minimum absolute atomic E-state index is 0.415. The third-order valence-electron chi connectivity index (χ3n) is 3.93. The van der Waals surface area contributed by atoms with Gasteiger partial charge in [-0.25, -0.2) is 9.97 Å². The number of H-pyrrole nitrogens is 1. The molecule has 5 nitrogen and oxygen atoms in total. The Morgan fingerprint density at radius 1 is 1.18 bits per heavy atom. The zero-order chi connectivity index (χ0) is 15.7. The maximum atomic E-state index is 11.7. The number of aromatic amines is 1. The molecule has 0 radical (unpaired) electrons. The van der Waals surface area contributed by atoms with E-state index in [2.05, 4.69) is 46.1 Å². The third kappa shape index (κ3) is 2.45. The van der Waals surface area contributed by atoms with Crippen molar-refractivity contribution in [1.82, 2.24) is 15.0 Å². The molecule has 0 saturated carbocycles. The quantitative estimate of drug-likeness (QED) is 0.775. The maximum Gasteiger partial charge on any atom is 0.265 e. The van der Waals surface area contributed by atoms with Crippen LogP contribution in [0.5, 0.6) is 0 Å². The van der Waals surface area contributed by atoms with Gasteiger partial charge in [0, 0.05) is 12.0 Å². The summed E-state index contributed by atoms with van der Waals surface area (Å²) in [5.41, 5.74) is 11.5. The largest absolute Gasteiger partial charge is 0.364 e. The van der Waals surface area contributed by atoms with Crippen molar-refractivity contribution in [2.45, 2.75) is 26.7 Å². The van der Waals surface area contributed by atoms with Gasteiger partial charge in [-0.3, -0.25) is 4.79 Å². The monoisotopic (exact) mass is 294 g/mol. The van der Waals surface area contributed by atoms with Gasteiger partial charge < -0.3 is 10.7 Å². The molecule has 3 rings (SSSR count). The van der Waals surface area contributed by atoms with E-state index in [0.29, 0.717) is 12.1 Å². The van der Waals surface area contributed by atoms with E-state index < -0.39 is 5.91 Å². The minimum atomic E-state index is -0.474. The van der Waals surface area contributed by atoms with Crippen LogP contribution in [0.2, 0.25) is 0 Å². The molecule has 0 aliphatic carbocycles. The van der Waals surface area contributed by atoms with Gasteiger partial charge in [-0.1, -0.05) is 31.2 Å². The summed E-state index contributed by atoms with van der Waals surface area (Å²) in [5.74, 6) is -0.474. The van der Waals surface area contributed by atoms with E-state index in [9.17, 15) is 4.79 Å². The molecule has 3 N–H and O–H groups in total. The predicted molar refractivity (Wildman–Crippen MR) is 85.8 cm³/mol. The number of aromatic nitrogens is 3. The molecule has 0 atom stereocenters. The summed E-state index contributed by atoms with van der Waals surface area (Å²) in [6.45, 7) is 4.00. The van der Waals surface area contributed by atoms with Crippen LogP contribution >= 0.6 is 0 Å². The summed E-state index contributed by atoms with van der Waals surface area (Å²) in [6, 6.07) is 8.37. The number of amides is 1. The van der Waals surface area contributed by atoms with E-state index in [-0.39, 0.29) is 0 Å². The molecule has 0 aliphatic heterocycles. The Kier molecular flexibility index (Phi) is 3.63. The Bertz CT molecular complexity index is 834. The molecule has 0 fully saturated rings. The summed E-state index contributed by atoms with van der Waals surface area (Å²) in [7, 11) is 0. The Labute approximate surface area is 128 Å². The number of rotatable bonds is 4. The Morgan fingerprint density at radius 3 is 2.50 bits per heavy atom. The second-order valence-corrected chi connectivity index (χ2v) is 5.37. The first kappa shape index (κ1) is 14.3. The summed E-state index contributed by atoms with van der Waals surface area (Å²) in [5, 5.41) is 0. The second kappa shape index (κ2) is 5.60. The zero-order valence-corrected chi connectivity index (χ0v) is 12.7. The number of carbonyl (C=O) groups is 1. The van der Waals surface area contributed by atoms with Crippen LogP contribution < -0.4 is 5.73 Å². The van der Waals surface area contributed by atoms with Crippen molar-refractivity contribution in [1.29, 1.82) is 0 Å². The first-order chi connectivity index (χ1) is 10.6. The van der Waals surface area contributed by atoms with Gasteiger partial charge in [0.25, 0.3) is 5.91 Å². The van der Waals surface area contributed by atoms with Crippen LogP contribution in [-0.2, 0) is 12.8 Å². The lowest BCUT2D eigenvalue weighted by molar-refractivity contribution is 0.0995. The molecule has 3 aromatic rings. The highest BCUT2D eigenvalue weighted by Crippen LogP contribution is 2.24.